The molecule has 3 N–H and O–H groups in total. The van der Waals surface area contributed by atoms with Gasteiger partial charge in [0.15, 0.2) is 17.1 Å². The highest BCUT2D eigenvalue weighted by Gasteiger charge is 2.17. The van der Waals surface area contributed by atoms with Crippen LogP contribution in [0.5, 0.6) is 5.75 Å². The summed E-state index contributed by atoms with van der Waals surface area (Å²) in [5.41, 5.74) is 1.68. The second kappa shape index (κ2) is 12.0. The van der Waals surface area contributed by atoms with Gasteiger partial charge < -0.3 is 25.0 Å². The topological polar surface area (TPSA) is 135 Å². The van der Waals surface area contributed by atoms with E-state index in [-0.39, 0.29) is 29.7 Å². The predicted octanol–water partition coefficient (Wildman–Crippen LogP) is 2.89. The van der Waals surface area contributed by atoms with Crippen LogP contribution in [0.1, 0.15) is 35.6 Å². The molecular weight excluding hydrogens is 470 g/mol. The van der Waals surface area contributed by atoms with E-state index in [1.54, 1.807) is 30.7 Å². The van der Waals surface area contributed by atoms with Gasteiger partial charge in [-0.15, -0.1) is 10.2 Å². The van der Waals surface area contributed by atoms with Crippen molar-refractivity contribution >= 4 is 35.2 Å². The fourth-order valence-corrected chi connectivity index (χ4v) is 3.78. The van der Waals surface area contributed by atoms with Crippen LogP contribution in [0.2, 0.25) is 0 Å². The molecule has 0 aliphatic carbocycles. The van der Waals surface area contributed by atoms with E-state index >= 15 is 0 Å². The summed E-state index contributed by atoms with van der Waals surface area (Å²) < 4.78 is 7.39. The average molecular weight is 498 g/mol. The number of nitrogens with zero attached hydrogens (tertiary/aromatic N) is 3. The van der Waals surface area contributed by atoms with E-state index in [9.17, 15) is 14.4 Å². The van der Waals surface area contributed by atoms with Crippen LogP contribution in [0.15, 0.2) is 53.7 Å². The maximum absolute atomic E-state index is 12.4. The second-order valence-corrected chi connectivity index (χ2v) is 8.60. The van der Waals surface area contributed by atoms with E-state index < -0.39 is 12.1 Å². The Balaban J connectivity index is 1.47. The van der Waals surface area contributed by atoms with Crippen LogP contribution in [-0.4, -0.2) is 49.5 Å². The minimum atomic E-state index is -1.07. The molecule has 10 nitrogen and oxygen atoms in total. The number of carbonyl (C=O) groups is 3. The highest BCUT2D eigenvalue weighted by atomic mass is 32.2. The molecule has 0 bridgehead atoms. The number of aromatic nitrogens is 3. The molecule has 0 aliphatic heterocycles. The number of ether oxygens (including phenoxy) is 1. The zero-order chi connectivity index (χ0) is 25.4. The average Bonchev–Trinajstić information content (AvgIpc) is 3.20. The molecule has 0 fully saturated rings. The Morgan fingerprint density at radius 3 is 2.57 bits per heavy atom. The number of amides is 2. The molecule has 35 heavy (non-hydrogen) atoms. The number of anilines is 1. The van der Waals surface area contributed by atoms with E-state index in [1.165, 1.54) is 29.5 Å². The molecule has 1 aromatic heterocycles. The van der Waals surface area contributed by atoms with Gasteiger partial charge in [0.1, 0.15) is 5.75 Å². The number of rotatable bonds is 11. The Morgan fingerprint density at radius 2 is 1.89 bits per heavy atom. The molecule has 0 saturated carbocycles. The summed E-state index contributed by atoms with van der Waals surface area (Å²) in [5.74, 6) is -0.471. The molecular formula is C24H27N5O5S. The Morgan fingerprint density at radius 1 is 1.14 bits per heavy atom. The van der Waals surface area contributed by atoms with E-state index in [4.69, 9.17) is 9.84 Å². The molecule has 0 saturated heterocycles. The Labute approximate surface area is 207 Å². The third-order valence-corrected chi connectivity index (χ3v) is 6.11. The van der Waals surface area contributed by atoms with Crippen LogP contribution >= 0.6 is 11.8 Å². The molecule has 0 radical (unpaired) electrons. The van der Waals surface area contributed by atoms with Crippen molar-refractivity contribution in [1.82, 2.24) is 20.1 Å². The molecule has 2 aromatic carbocycles. The SMILES string of the molecule is CCc1ccc(O[C@@H](C)C(=O)NCc2nnc(SCC(=O)Nc3cccc(C(=O)O)c3)n2C)cc1. The first-order valence-electron chi connectivity index (χ1n) is 10.9. The maximum atomic E-state index is 12.4. The van der Waals surface area contributed by atoms with Crippen molar-refractivity contribution < 1.29 is 24.2 Å². The molecule has 2 amide bonds. The van der Waals surface area contributed by atoms with Crippen LogP contribution in [-0.2, 0) is 29.6 Å². The lowest BCUT2D eigenvalue weighted by molar-refractivity contribution is -0.127. The third-order valence-electron chi connectivity index (χ3n) is 5.09. The summed E-state index contributed by atoms with van der Waals surface area (Å²) >= 11 is 1.17. The lowest BCUT2D eigenvalue weighted by Crippen LogP contribution is -2.36. The number of thioether (sulfide) groups is 1. The van der Waals surface area contributed by atoms with Crippen LogP contribution in [0, 0.1) is 0 Å². The molecule has 0 spiro atoms. The van der Waals surface area contributed by atoms with Crippen molar-refractivity contribution in [3.05, 3.63) is 65.5 Å². The zero-order valence-electron chi connectivity index (χ0n) is 19.6. The van der Waals surface area contributed by atoms with Gasteiger partial charge in [-0.25, -0.2) is 4.79 Å². The molecule has 3 rings (SSSR count). The number of aromatic carboxylic acids is 1. The van der Waals surface area contributed by atoms with E-state index in [0.717, 1.165) is 6.42 Å². The molecule has 3 aromatic rings. The van der Waals surface area contributed by atoms with Gasteiger partial charge in [-0.1, -0.05) is 36.9 Å². The second-order valence-electron chi connectivity index (χ2n) is 7.66. The quantitative estimate of drug-likeness (QED) is 0.344. The summed E-state index contributed by atoms with van der Waals surface area (Å²) in [6, 6.07) is 13.6. The van der Waals surface area contributed by atoms with Crippen molar-refractivity contribution in [2.24, 2.45) is 7.05 Å². The van der Waals surface area contributed by atoms with Gasteiger partial charge in [0.2, 0.25) is 5.91 Å². The minimum Gasteiger partial charge on any atom is -0.481 e. The van der Waals surface area contributed by atoms with E-state index in [2.05, 4.69) is 27.8 Å². The summed E-state index contributed by atoms with van der Waals surface area (Å²) in [6.07, 6.45) is 0.243. The van der Waals surface area contributed by atoms with Crippen LogP contribution < -0.4 is 15.4 Å². The molecule has 0 unspecified atom stereocenters. The summed E-state index contributed by atoms with van der Waals surface area (Å²) in [5, 5.41) is 23.2. The molecule has 1 atom stereocenters. The predicted molar refractivity (Wildman–Crippen MR) is 132 cm³/mol. The van der Waals surface area contributed by atoms with Crippen molar-refractivity contribution in [3.8, 4) is 5.75 Å². The monoisotopic (exact) mass is 497 g/mol. The highest BCUT2D eigenvalue weighted by molar-refractivity contribution is 7.99. The number of hydrogen-bond acceptors (Lipinski definition) is 7. The van der Waals surface area contributed by atoms with Gasteiger partial charge in [0, 0.05) is 12.7 Å². The van der Waals surface area contributed by atoms with Crippen molar-refractivity contribution in [1.29, 1.82) is 0 Å². The van der Waals surface area contributed by atoms with Gasteiger partial charge in [0.25, 0.3) is 5.91 Å². The number of aryl methyl sites for hydroxylation is 1. The lowest BCUT2D eigenvalue weighted by atomic mass is 10.2. The summed E-state index contributed by atoms with van der Waals surface area (Å²) in [6.45, 7) is 3.89. The number of carboxylic acids is 1. The molecule has 1 heterocycles. The number of carbonyl (C=O) groups excluding carboxylic acids is 2. The first kappa shape index (κ1) is 25.8. The molecule has 184 valence electrons. The van der Waals surface area contributed by atoms with Gasteiger partial charge in [-0.3, -0.25) is 9.59 Å². The number of nitrogens with one attached hydrogen (secondary N) is 2. The van der Waals surface area contributed by atoms with Crippen molar-refractivity contribution in [2.45, 2.75) is 38.1 Å². The highest BCUT2D eigenvalue weighted by Crippen LogP contribution is 2.18. The van der Waals surface area contributed by atoms with E-state index in [0.29, 0.717) is 22.4 Å². The standard InChI is InChI=1S/C24H27N5O5S/c1-4-16-8-10-19(11-9-16)34-15(2)22(31)25-13-20-27-28-24(29(20)3)35-14-21(30)26-18-7-5-6-17(12-18)23(32)33/h5-12,15H,4,13-14H2,1-3H3,(H,25,31)(H,26,30)(H,32,33)/t15-/m0/s1. The third kappa shape index (κ3) is 7.31. The Hall–Kier alpha value is -3.86. The van der Waals surface area contributed by atoms with Gasteiger partial charge in [-0.05, 0) is 49.2 Å². The minimum absolute atomic E-state index is 0.0529. The fraction of sp³-hybridized carbons (Fsp3) is 0.292. The Bertz CT molecular complexity index is 1200. The summed E-state index contributed by atoms with van der Waals surface area (Å²) in [7, 11) is 1.74. The van der Waals surface area contributed by atoms with Gasteiger partial charge >= 0.3 is 5.97 Å². The largest absolute Gasteiger partial charge is 0.481 e. The molecule has 11 heteroatoms. The first-order valence-corrected chi connectivity index (χ1v) is 11.9. The van der Waals surface area contributed by atoms with Crippen LogP contribution in [0.4, 0.5) is 5.69 Å². The number of benzene rings is 2. The van der Waals surface area contributed by atoms with Crippen molar-refractivity contribution in [3.63, 3.8) is 0 Å². The van der Waals surface area contributed by atoms with Crippen molar-refractivity contribution in [2.75, 3.05) is 11.1 Å². The Kier molecular flexibility index (Phi) is 8.85. The fourth-order valence-electron chi connectivity index (χ4n) is 3.05. The smallest absolute Gasteiger partial charge is 0.335 e. The first-order chi connectivity index (χ1) is 16.8. The van der Waals surface area contributed by atoms with E-state index in [1.807, 2.05) is 24.3 Å². The zero-order valence-corrected chi connectivity index (χ0v) is 20.5. The van der Waals surface area contributed by atoms with Crippen LogP contribution in [0.25, 0.3) is 0 Å². The molecule has 0 aliphatic rings. The number of hydrogen-bond donors (Lipinski definition) is 3. The normalized spacial score (nSPS) is 11.5. The number of carboxylic acid groups (broad SMARTS) is 1. The van der Waals surface area contributed by atoms with Crippen LogP contribution in [0.3, 0.4) is 0 Å². The van der Waals surface area contributed by atoms with Gasteiger partial charge in [-0.2, -0.15) is 0 Å². The lowest BCUT2D eigenvalue weighted by Gasteiger charge is -2.15. The maximum Gasteiger partial charge on any atom is 0.335 e. The summed E-state index contributed by atoms with van der Waals surface area (Å²) in [4.78, 5) is 35.7. The van der Waals surface area contributed by atoms with Gasteiger partial charge in [0.05, 0.1) is 17.9 Å².